The number of hydrogen-bond acceptors (Lipinski definition) is 3. The van der Waals surface area contributed by atoms with Crippen LogP contribution in [0.2, 0.25) is 0 Å². The van der Waals surface area contributed by atoms with E-state index in [1.165, 1.54) is 0 Å². The number of hydrogen-bond donors (Lipinski definition) is 2. The first kappa shape index (κ1) is 16.5. The second-order valence-electron chi connectivity index (χ2n) is 6.70. The maximum absolute atomic E-state index is 12.6. The molecule has 3 rings (SSSR count). The summed E-state index contributed by atoms with van der Waals surface area (Å²) in [6.45, 7) is 0. The molecule has 0 saturated heterocycles. The molecular formula is C18H22N2O4. The third-order valence-electron chi connectivity index (χ3n) is 5.15. The van der Waals surface area contributed by atoms with Crippen molar-refractivity contribution in [2.24, 2.45) is 0 Å². The van der Waals surface area contributed by atoms with Crippen LogP contribution in [0.1, 0.15) is 54.4 Å². The van der Waals surface area contributed by atoms with Crippen molar-refractivity contribution < 1.29 is 19.5 Å². The minimum atomic E-state index is -1.15. The Morgan fingerprint density at radius 3 is 2.54 bits per heavy atom. The Kier molecular flexibility index (Phi) is 4.30. The second kappa shape index (κ2) is 6.26. The highest BCUT2D eigenvalue weighted by atomic mass is 16.4. The van der Waals surface area contributed by atoms with Crippen molar-refractivity contribution in [1.29, 1.82) is 0 Å². The normalized spacial score (nSPS) is 19.5. The highest BCUT2D eigenvalue weighted by Crippen LogP contribution is 2.30. The molecule has 0 spiro atoms. The van der Waals surface area contributed by atoms with E-state index in [2.05, 4.69) is 5.32 Å². The molecule has 1 aromatic rings. The molecule has 0 atom stereocenters. The number of carbonyl (C=O) groups is 3. The van der Waals surface area contributed by atoms with E-state index in [0.717, 1.165) is 30.5 Å². The summed E-state index contributed by atoms with van der Waals surface area (Å²) in [5.74, 6) is -1.26. The third-order valence-corrected chi connectivity index (χ3v) is 5.15. The van der Waals surface area contributed by atoms with Crippen LogP contribution in [-0.4, -0.2) is 35.5 Å². The molecule has 1 fully saturated rings. The third kappa shape index (κ3) is 2.88. The molecule has 0 radical (unpaired) electrons. The van der Waals surface area contributed by atoms with Gasteiger partial charge in [-0.2, -0.15) is 0 Å². The Hall–Kier alpha value is -2.37. The molecule has 1 aliphatic carbocycles. The molecular weight excluding hydrogens is 308 g/mol. The van der Waals surface area contributed by atoms with Gasteiger partial charge in [0.25, 0.3) is 5.91 Å². The molecule has 2 N–H and O–H groups in total. The van der Waals surface area contributed by atoms with Crippen molar-refractivity contribution in [2.75, 3.05) is 11.9 Å². The van der Waals surface area contributed by atoms with E-state index in [0.29, 0.717) is 31.2 Å². The summed E-state index contributed by atoms with van der Waals surface area (Å²) in [5.41, 5.74) is 1.05. The molecule has 2 aliphatic rings. The molecule has 128 valence electrons. The van der Waals surface area contributed by atoms with Crippen LogP contribution in [0.15, 0.2) is 18.2 Å². The lowest BCUT2D eigenvalue weighted by molar-refractivity contribution is -0.146. The van der Waals surface area contributed by atoms with E-state index in [1.54, 1.807) is 30.1 Å². The van der Waals surface area contributed by atoms with E-state index in [1.807, 2.05) is 0 Å². The number of carboxylic acids is 1. The van der Waals surface area contributed by atoms with Gasteiger partial charge in [0.15, 0.2) is 0 Å². The number of carbonyl (C=O) groups excluding carboxylic acids is 2. The number of fused-ring (bicyclic) bond motifs is 1. The van der Waals surface area contributed by atoms with Crippen molar-refractivity contribution >= 4 is 23.5 Å². The Balaban J connectivity index is 1.83. The van der Waals surface area contributed by atoms with Crippen molar-refractivity contribution in [3.63, 3.8) is 0 Å². The summed E-state index contributed by atoms with van der Waals surface area (Å²) in [5, 5.41) is 12.3. The van der Waals surface area contributed by atoms with Gasteiger partial charge in [-0.15, -0.1) is 0 Å². The highest BCUT2D eigenvalue weighted by molar-refractivity contribution is 6.00. The van der Waals surface area contributed by atoms with Gasteiger partial charge < -0.3 is 15.3 Å². The fourth-order valence-corrected chi connectivity index (χ4v) is 3.64. The molecule has 1 saturated carbocycles. The van der Waals surface area contributed by atoms with Gasteiger partial charge in [-0.05, 0) is 43.0 Å². The minimum absolute atomic E-state index is 0.0618. The quantitative estimate of drug-likeness (QED) is 0.889. The van der Waals surface area contributed by atoms with Crippen LogP contribution < -0.4 is 10.2 Å². The van der Waals surface area contributed by atoms with Gasteiger partial charge in [0, 0.05) is 24.7 Å². The Bertz CT molecular complexity index is 692. The first-order valence-corrected chi connectivity index (χ1v) is 8.38. The van der Waals surface area contributed by atoms with Gasteiger partial charge in [-0.1, -0.05) is 19.3 Å². The van der Waals surface area contributed by atoms with Gasteiger partial charge in [-0.25, -0.2) is 4.79 Å². The zero-order chi connectivity index (χ0) is 17.3. The Labute approximate surface area is 140 Å². The molecule has 0 bridgehead atoms. The van der Waals surface area contributed by atoms with Crippen LogP contribution >= 0.6 is 0 Å². The van der Waals surface area contributed by atoms with Crippen LogP contribution in [0.3, 0.4) is 0 Å². The lowest BCUT2D eigenvalue weighted by atomic mass is 9.81. The Morgan fingerprint density at radius 2 is 1.88 bits per heavy atom. The molecule has 1 aromatic carbocycles. The van der Waals surface area contributed by atoms with Crippen molar-refractivity contribution in [2.45, 2.75) is 50.5 Å². The predicted octanol–water partition coefficient (Wildman–Crippen LogP) is 2.11. The van der Waals surface area contributed by atoms with Crippen LogP contribution in [0, 0.1) is 0 Å². The molecule has 1 aliphatic heterocycles. The van der Waals surface area contributed by atoms with E-state index < -0.39 is 11.5 Å². The largest absolute Gasteiger partial charge is 0.480 e. The van der Waals surface area contributed by atoms with Crippen LogP contribution in [0.25, 0.3) is 0 Å². The van der Waals surface area contributed by atoms with Crippen molar-refractivity contribution in [1.82, 2.24) is 5.32 Å². The molecule has 1 heterocycles. The lowest BCUT2D eigenvalue weighted by Crippen LogP contribution is -2.55. The van der Waals surface area contributed by atoms with Crippen molar-refractivity contribution in [3.8, 4) is 0 Å². The highest BCUT2D eigenvalue weighted by Gasteiger charge is 2.41. The number of aryl methyl sites for hydroxylation is 1. The predicted molar refractivity (Wildman–Crippen MR) is 89.1 cm³/mol. The lowest BCUT2D eigenvalue weighted by Gasteiger charge is -2.34. The fraction of sp³-hybridized carbons (Fsp3) is 0.500. The van der Waals surface area contributed by atoms with E-state index in [9.17, 15) is 19.5 Å². The van der Waals surface area contributed by atoms with Crippen LogP contribution in [0.4, 0.5) is 5.69 Å². The van der Waals surface area contributed by atoms with Gasteiger partial charge in [-0.3, -0.25) is 9.59 Å². The summed E-state index contributed by atoms with van der Waals surface area (Å²) in [4.78, 5) is 37.6. The average molecular weight is 330 g/mol. The van der Waals surface area contributed by atoms with E-state index in [4.69, 9.17) is 0 Å². The molecule has 0 unspecified atom stereocenters. The molecule has 6 nitrogen and oxygen atoms in total. The van der Waals surface area contributed by atoms with E-state index >= 15 is 0 Å². The zero-order valence-electron chi connectivity index (χ0n) is 13.8. The van der Waals surface area contributed by atoms with Crippen molar-refractivity contribution in [3.05, 3.63) is 29.3 Å². The fourth-order valence-electron chi connectivity index (χ4n) is 3.64. The number of nitrogens with one attached hydrogen (secondary N) is 1. The number of benzene rings is 1. The number of amides is 2. The smallest absolute Gasteiger partial charge is 0.329 e. The summed E-state index contributed by atoms with van der Waals surface area (Å²) >= 11 is 0. The SMILES string of the molecule is CN1C(=O)CCc2cc(C(=O)NC3(C(=O)O)CCCCC3)ccc21. The summed E-state index contributed by atoms with van der Waals surface area (Å²) in [7, 11) is 1.72. The summed E-state index contributed by atoms with van der Waals surface area (Å²) in [6, 6.07) is 5.18. The molecule has 2 amide bonds. The zero-order valence-corrected chi connectivity index (χ0v) is 13.8. The number of aliphatic carboxylic acids is 1. The minimum Gasteiger partial charge on any atom is -0.480 e. The van der Waals surface area contributed by atoms with Gasteiger partial charge in [0.2, 0.25) is 5.91 Å². The van der Waals surface area contributed by atoms with Gasteiger partial charge in [0.1, 0.15) is 5.54 Å². The van der Waals surface area contributed by atoms with E-state index in [-0.39, 0.29) is 11.8 Å². The number of nitrogens with zero attached hydrogens (tertiary/aromatic N) is 1. The number of rotatable bonds is 3. The topological polar surface area (TPSA) is 86.7 Å². The van der Waals surface area contributed by atoms with Gasteiger partial charge >= 0.3 is 5.97 Å². The maximum atomic E-state index is 12.6. The Morgan fingerprint density at radius 1 is 1.17 bits per heavy atom. The molecule has 0 aromatic heterocycles. The van der Waals surface area contributed by atoms with Crippen LogP contribution in [-0.2, 0) is 16.0 Å². The maximum Gasteiger partial charge on any atom is 0.329 e. The van der Waals surface area contributed by atoms with Gasteiger partial charge in [0.05, 0.1) is 0 Å². The average Bonchev–Trinajstić information content (AvgIpc) is 2.58. The first-order chi connectivity index (χ1) is 11.4. The molecule has 24 heavy (non-hydrogen) atoms. The number of anilines is 1. The summed E-state index contributed by atoms with van der Waals surface area (Å²) in [6.07, 6.45) is 4.58. The summed E-state index contributed by atoms with van der Waals surface area (Å²) < 4.78 is 0. The molecule has 6 heteroatoms. The van der Waals surface area contributed by atoms with Crippen LogP contribution in [0.5, 0.6) is 0 Å². The number of carboxylic acid groups (broad SMARTS) is 1. The second-order valence-corrected chi connectivity index (χ2v) is 6.70. The standard InChI is InChI=1S/C18H22N2O4/c1-20-14-7-5-13(11-12(14)6-8-15(20)21)16(22)19-18(17(23)24)9-3-2-4-10-18/h5,7,11H,2-4,6,8-10H2,1H3,(H,19,22)(H,23,24). The monoisotopic (exact) mass is 330 g/mol. The first-order valence-electron chi connectivity index (χ1n) is 8.38.